The third-order valence-electron chi connectivity index (χ3n) is 6.43. The Balaban J connectivity index is 2.10. The molecular formula is C27H31NO5. The van der Waals surface area contributed by atoms with Gasteiger partial charge >= 0.3 is 5.97 Å². The number of aryl methyl sites for hydroxylation is 3. The summed E-state index contributed by atoms with van der Waals surface area (Å²) in [5.41, 5.74) is 7.89. The van der Waals surface area contributed by atoms with E-state index in [-0.39, 0.29) is 18.3 Å². The topological polar surface area (TPSA) is 69.9 Å². The molecule has 6 nitrogen and oxygen atoms in total. The van der Waals surface area contributed by atoms with E-state index in [1.54, 1.807) is 14.2 Å². The second kappa shape index (κ2) is 8.85. The van der Waals surface area contributed by atoms with Crippen molar-refractivity contribution in [3.05, 3.63) is 52.2 Å². The Labute approximate surface area is 194 Å². The maximum absolute atomic E-state index is 13.4. The lowest BCUT2D eigenvalue weighted by Gasteiger charge is -2.23. The summed E-state index contributed by atoms with van der Waals surface area (Å²) in [5.74, 6) is 1.23. The molecule has 1 aliphatic heterocycles. The molecule has 0 spiro atoms. The third kappa shape index (κ3) is 3.63. The molecule has 1 aliphatic rings. The number of rotatable bonds is 6. The molecule has 3 aromatic rings. The van der Waals surface area contributed by atoms with E-state index in [1.807, 2.05) is 45.0 Å². The van der Waals surface area contributed by atoms with Gasteiger partial charge in [0.1, 0.15) is 5.75 Å². The molecule has 0 unspecified atom stereocenters. The zero-order chi connectivity index (χ0) is 23.9. The number of benzene rings is 2. The van der Waals surface area contributed by atoms with Gasteiger partial charge in [0.2, 0.25) is 0 Å². The predicted octanol–water partition coefficient (Wildman–Crippen LogP) is 5.46. The van der Waals surface area contributed by atoms with Crippen LogP contribution in [0.3, 0.4) is 0 Å². The molecule has 1 aromatic heterocycles. The molecule has 0 fully saturated rings. The monoisotopic (exact) mass is 449 g/mol. The minimum absolute atomic E-state index is 0.278. The second-order valence-corrected chi connectivity index (χ2v) is 8.34. The molecule has 1 N–H and O–H groups in total. The van der Waals surface area contributed by atoms with Crippen LogP contribution >= 0.6 is 0 Å². The van der Waals surface area contributed by atoms with Crippen molar-refractivity contribution in [1.29, 1.82) is 0 Å². The van der Waals surface area contributed by atoms with Crippen LogP contribution in [0.25, 0.3) is 22.4 Å². The van der Waals surface area contributed by atoms with Crippen LogP contribution in [-0.4, -0.2) is 36.5 Å². The van der Waals surface area contributed by atoms with Crippen molar-refractivity contribution in [3.63, 3.8) is 0 Å². The highest BCUT2D eigenvalue weighted by Crippen LogP contribution is 2.46. The highest BCUT2D eigenvalue weighted by molar-refractivity contribution is 6.05. The summed E-state index contributed by atoms with van der Waals surface area (Å²) in [4.78, 5) is 13.4. The van der Waals surface area contributed by atoms with Crippen LogP contribution in [0.1, 0.15) is 46.6 Å². The van der Waals surface area contributed by atoms with E-state index in [9.17, 15) is 9.90 Å². The molecule has 2 heterocycles. The fourth-order valence-corrected chi connectivity index (χ4v) is 4.96. The number of hydrogen-bond acceptors (Lipinski definition) is 5. The number of methoxy groups -OCH3 is 2. The van der Waals surface area contributed by atoms with Gasteiger partial charge in [-0.25, -0.2) is 4.79 Å². The first-order chi connectivity index (χ1) is 15.9. The van der Waals surface area contributed by atoms with E-state index in [1.165, 1.54) is 0 Å². The molecular weight excluding hydrogens is 418 g/mol. The number of carbonyl (C=O) groups is 1. The molecule has 174 valence electrons. The van der Waals surface area contributed by atoms with Crippen molar-refractivity contribution >= 4 is 5.97 Å². The van der Waals surface area contributed by atoms with Crippen LogP contribution in [0.4, 0.5) is 0 Å². The Morgan fingerprint density at radius 3 is 2.24 bits per heavy atom. The minimum Gasteiger partial charge on any atom is -0.507 e. The van der Waals surface area contributed by atoms with Crippen molar-refractivity contribution in [2.45, 2.75) is 47.1 Å². The van der Waals surface area contributed by atoms with Gasteiger partial charge in [0.25, 0.3) is 0 Å². The van der Waals surface area contributed by atoms with Crippen molar-refractivity contribution in [3.8, 4) is 39.6 Å². The highest BCUT2D eigenvalue weighted by atomic mass is 16.5. The van der Waals surface area contributed by atoms with Gasteiger partial charge in [0.15, 0.2) is 11.5 Å². The van der Waals surface area contributed by atoms with E-state index >= 15 is 0 Å². The Kier molecular flexibility index (Phi) is 6.11. The first-order valence-corrected chi connectivity index (χ1v) is 11.3. The number of ether oxygens (including phenoxy) is 3. The number of aromatic hydroxyl groups is 1. The van der Waals surface area contributed by atoms with Crippen molar-refractivity contribution in [1.82, 2.24) is 4.57 Å². The Morgan fingerprint density at radius 1 is 1.03 bits per heavy atom. The third-order valence-corrected chi connectivity index (χ3v) is 6.43. The molecule has 0 saturated carbocycles. The lowest BCUT2D eigenvalue weighted by molar-refractivity contribution is 0.0528. The van der Waals surface area contributed by atoms with Crippen LogP contribution in [0.5, 0.6) is 17.2 Å². The number of phenols is 1. The van der Waals surface area contributed by atoms with Crippen molar-refractivity contribution in [2.24, 2.45) is 0 Å². The number of phenolic OH excluding ortho intramolecular Hbond substituents is 1. The maximum atomic E-state index is 13.4. The standard InChI is InChI=1S/C27H31NO5/c1-7-20-23(18-11-15(3)26(29)16(4)12-18)24(27(30)33-8-2)25-19-14-22(32-6)21(31-5)13-17(19)9-10-28(20)25/h11-14,29H,7-10H2,1-6H3. The Morgan fingerprint density at radius 2 is 1.67 bits per heavy atom. The van der Waals surface area contributed by atoms with Gasteiger partial charge in [-0.3, -0.25) is 0 Å². The normalized spacial score (nSPS) is 12.2. The lowest BCUT2D eigenvalue weighted by atomic mass is 9.92. The summed E-state index contributed by atoms with van der Waals surface area (Å²) in [6.07, 6.45) is 1.57. The molecule has 2 aromatic carbocycles. The average Bonchev–Trinajstić information content (AvgIpc) is 3.16. The zero-order valence-electron chi connectivity index (χ0n) is 20.2. The summed E-state index contributed by atoms with van der Waals surface area (Å²) in [7, 11) is 3.24. The average molecular weight is 450 g/mol. The first kappa shape index (κ1) is 22.8. The fraction of sp³-hybridized carbons (Fsp3) is 0.370. The van der Waals surface area contributed by atoms with Gasteiger partial charge in [-0.15, -0.1) is 0 Å². The molecule has 6 heteroatoms. The Bertz CT molecular complexity index is 1220. The number of aromatic nitrogens is 1. The number of fused-ring (bicyclic) bond motifs is 3. The SMILES string of the molecule is CCOC(=O)c1c(-c2cc(C)c(O)c(C)c2)c(CC)n2c1-c1cc(OC)c(OC)cc1CC2. The van der Waals surface area contributed by atoms with Crippen LogP contribution in [0, 0.1) is 13.8 Å². The van der Waals surface area contributed by atoms with Crippen molar-refractivity contribution < 1.29 is 24.1 Å². The Hall–Kier alpha value is -3.41. The number of carbonyl (C=O) groups excluding carboxylic acids is 1. The molecule has 33 heavy (non-hydrogen) atoms. The van der Waals surface area contributed by atoms with E-state index < -0.39 is 0 Å². The van der Waals surface area contributed by atoms with Gasteiger partial charge in [0, 0.05) is 23.4 Å². The summed E-state index contributed by atoms with van der Waals surface area (Å²) >= 11 is 0. The number of esters is 1. The van der Waals surface area contributed by atoms with E-state index in [0.717, 1.165) is 64.2 Å². The van der Waals surface area contributed by atoms with Crippen LogP contribution in [0.2, 0.25) is 0 Å². The molecule has 0 aliphatic carbocycles. The molecule has 0 amide bonds. The van der Waals surface area contributed by atoms with Crippen LogP contribution in [-0.2, 0) is 24.1 Å². The van der Waals surface area contributed by atoms with Crippen molar-refractivity contribution in [2.75, 3.05) is 20.8 Å². The second-order valence-electron chi connectivity index (χ2n) is 8.34. The molecule has 0 saturated heterocycles. The number of nitrogens with zero attached hydrogens (tertiary/aromatic N) is 1. The van der Waals surface area contributed by atoms with E-state index in [4.69, 9.17) is 14.2 Å². The fourth-order valence-electron chi connectivity index (χ4n) is 4.96. The summed E-state index contributed by atoms with van der Waals surface area (Å²) in [6.45, 7) is 8.72. The molecule has 0 radical (unpaired) electrons. The summed E-state index contributed by atoms with van der Waals surface area (Å²) in [6, 6.07) is 7.85. The predicted molar refractivity (Wildman–Crippen MR) is 129 cm³/mol. The molecule has 0 atom stereocenters. The quantitative estimate of drug-likeness (QED) is 0.506. The van der Waals surface area contributed by atoms with Gasteiger partial charge in [0.05, 0.1) is 32.1 Å². The van der Waals surface area contributed by atoms with Gasteiger partial charge in [-0.05, 0) is 80.1 Å². The smallest absolute Gasteiger partial charge is 0.340 e. The first-order valence-electron chi connectivity index (χ1n) is 11.3. The number of hydrogen-bond donors (Lipinski definition) is 1. The highest BCUT2D eigenvalue weighted by Gasteiger charge is 2.33. The molecule has 4 rings (SSSR count). The molecule has 0 bridgehead atoms. The summed E-state index contributed by atoms with van der Waals surface area (Å²) < 4.78 is 18.9. The van der Waals surface area contributed by atoms with Crippen LogP contribution in [0.15, 0.2) is 24.3 Å². The maximum Gasteiger partial charge on any atom is 0.340 e. The van der Waals surface area contributed by atoms with E-state index in [0.29, 0.717) is 17.1 Å². The van der Waals surface area contributed by atoms with Crippen LogP contribution < -0.4 is 9.47 Å². The summed E-state index contributed by atoms with van der Waals surface area (Å²) in [5, 5.41) is 10.3. The lowest BCUT2D eigenvalue weighted by Crippen LogP contribution is -2.15. The largest absolute Gasteiger partial charge is 0.507 e. The minimum atomic E-state index is -0.345. The zero-order valence-corrected chi connectivity index (χ0v) is 20.2. The van der Waals surface area contributed by atoms with Gasteiger partial charge in [-0.1, -0.05) is 6.92 Å². The van der Waals surface area contributed by atoms with Gasteiger partial charge < -0.3 is 23.9 Å². The van der Waals surface area contributed by atoms with Gasteiger partial charge in [-0.2, -0.15) is 0 Å². The van der Waals surface area contributed by atoms with E-state index in [2.05, 4.69) is 11.5 Å².